The van der Waals surface area contributed by atoms with Crippen molar-refractivity contribution in [2.45, 2.75) is 13.5 Å². The Bertz CT molecular complexity index is 729. The van der Waals surface area contributed by atoms with Gasteiger partial charge in [-0.2, -0.15) is 0 Å². The van der Waals surface area contributed by atoms with Crippen LogP contribution in [0.4, 0.5) is 5.69 Å². The van der Waals surface area contributed by atoms with Gasteiger partial charge in [0.05, 0.1) is 25.1 Å². The first-order valence-corrected chi connectivity index (χ1v) is 9.08. The Kier molecular flexibility index (Phi) is 5.32. The maximum Gasteiger partial charge on any atom is 0.232 e. The Balaban J connectivity index is 2.33. The monoisotopic (exact) mass is 339 g/mol. The second-order valence-electron chi connectivity index (χ2n) is 4.79. The van der Waals surface area contributed by atoms with Gasteiger partial charge in [-0.25, -0.2) is 8.42 Å². The molecule has 2 aromatic rings. The Morgan fingerprint density at radius 1 is 1.09 bits per heavy atom. The summed E-state index contributed by atoms with van der Waals surface area (Å²) in [6, 6.07) is 14.2. The highest BCUT2D eigenvalue weighted by Gasteiger charge is 2.19. The average molecular weight is 340 g/mol. The third kappa shape index (κ3) is 4.15. The van der Waals surface area contributed by atoms with E-state index in [0.29, 0.717) is 23.1 Å². The highest BCUT2D eigenvalue weighted by atomic mass is 35.5. The first-order valence-electron chi connectivity index (χ1n) is 6.86. The molecule has 0 saturated carbocycles. The van der Waals surface area contributed by atoms with Crippen LogP contribution in [0.5, 0.6) is 5.75 Å². The number of ether oxygens (including phenoxy) is 1. The minimum absolute atomic E-state index is 0.187. The largest absolute Gasteiger partial charge is 0.494 e. The molecule has 0 bridgehead atoms. The van der Waals surface area contributed by atoms with E-state index < -0.39 is 10.0 Å². The standard InChI is InChI=1S/C16H18ClNO3S/c1-3-21-15-10-8-14(9-11-15)18(22(2,19)20)12-13-6-4-5-7-16(13)17/h4-11H,3,12H2,1-2H3. The molecule has 22 heavy (non-hydrogen) atoms. The normalized spacial score (nSPS) is 11.2. The predicted molar refractivity (Wildman–Crippen MR) is 90.1 cm³/mol. The lowest BCUT2D eigenvalue weighted by Crippen LogP contribution is -2.29. The third-order valence-corrected chi connectivity index (χ3v) is 4.62. The molecule has 0 aliphatic rings. The molecule has 0 aliphatic carbocycles. The predicted octanol–water partition coefficient (Wildman–Crippen LogP) is 3.70. The molecule has 0 aromatic heterocycles. The van der Waals surface area contributed by atoms with Gasteiger partial charge in [0.15, 0.2) is 0 Å². The van der Waals surface area contributed by atoms with Gasteiger partial charge < -0.3 is 4.74 Å². The summed E-state index contributed by atoms with van der Waals surface area (Å²) in [6.07, 6.45) is 1.18. The van der Waals surface area contributed by atoms with Crippen molar-refractivity contribution in [1.29, 1.82) is 0 Å². The first-order chi connectivity index (χ1) is 10.4. The van der Waals surface area contributed by atoms with Crippen LogP contribution in [0, 0.1) is 0 Å². The number of hydrogen-bond donors (Lipinski definition) is 0. The molecule has 0 spiro atoms. The number of anilines is 1. The van der Waals surface area contributed by atoms with Crippen LogP contribution in [0.2, 0.25) is 5.02 Å². The van der Waals surface area contributed by atoms with Crippen molar-refractivity contribution < 1.29 is 13.2 Å². The van der Waals surface area contributed by atoms with E-state index in [1.165, 1.54) is 10.6 Å². The summed E-state index contributed by atoms with van der Waals surface area (Å²) in [5.74, 6) is 0.706. The molecule has 0 unspecified atom stereocenters. The smallest absolute Gasteiger partial charge is 0.232 e. The summed E-state index contributed by atoms with van der Waals surface area (Å²) < 4.78 is 30.9. The Morgan fingerprint density at radius 2 is 1.73 bits per heavy atom. The molecule has 0 N–H and O–H groups in total. The van der Waals surface area contributed by atoms with Crippen molar-refractivity contribution in [3.8, 4) is 5.75 Å². The zero-order valence-electron chi connectivity index (χ0n) is 12.5. The van der Waals surface area contributed by atoms with Crippen molar-refractivity contribution in [1.82, 2.24) is 0 Å². The van der Waals surface area contributed by atoms with Crippen molar-refractivity contribution >= 4 is 27.3 Å². The molecule has 6 heteroatoms. The average Bonchev–Trinajstić information content (AvgIpc) is 2.47. The fourth-order valence-corrected chi connectivity index (χ4v) is 3.13. The first kappa shape index (κ1) is 16.6. The molecular formula is C16H18ClNO3S. The second-order valence-corrected chi connectivity index (χ2v) is 7.10. The van der Waals surface area contributed by atoms with Gasteiger partial charge in [-0.1, -0.05) is 29.8 Å². The van der Waals surface area contributed by atoms with Crippen LogP contribution in [0.15, 0.2) is 48.5 Å². The maximum absolute atomic E-state index is 12.1. The number of hydrogen-bond acceptors (Lipinski definition) is 3. The summed E-state index contributed by atoms with van der Waals surface area (Å²) in [6.45, 7) is 2.65. The fraction of sp³-hybridized carbons (Fsp3) is 0.250. The van der Waals surface area contributed by atoms with Crippen molar-refractivity contribution in [3.05, 3.63) is 59.1 Å². The van der Waals surface area contributed by atoms with Gasteiger partial charge in [-0.15, -0.1) is 0 Å². The van der Waals surface area contributed by atoms with E-state index >= 15 is 0 Å². The van der Waals surface area contributed by atoms with Crippen molar-refractivity contribution in [2.75, 3.05) is 17.2 Å². The lowest BCUT2D eigenvalue weighted by atomic mass is 10.2. The minimum atomic E-state index is -3.42. The quantitative estimate of drug-likeness (QED) is 0.806. The van der Waals surface area contributed by atoms with Gasteiger partial charge in [-0.3, -0.25) is 4.31 Å². The van der Waals surface area contributed by atoms with Crippen LogP contribution < -0.4 is 9.04 Å². The molecule has 0 aliphatic heterocycles. The summed E-state index contributed by atoms with van der Waals surface area (Å²) in [7, 11) is -3.42. The molecule has 0 saturated heterocycles. The molecule has 0 radical (unpaired) electrons. The molecule has 118 valence electrons. The zero-order valence-corrected chi connectivity index (χ0v) is 14.1. The Hall–Kier alpha value is -1.72. The van der Waals surface area contributed by atoms with E-state index in [-0.39, 0.29) is 6.54 Å². The highest BCUT2D eigenvalue weighted by molar-refractivity contribution is 7.92. The molecule has 0 heterocycles. The number of benzene rings is 2. The SMILES string of the molecule is CCOc1ccc(N(Cc2ccccc2Cl)S(C)(=O)=O)cc1. The van der Waals surface area contributed by atoms with Crippen LogP contribution >= 0.6 is 11.6 Å². The lowest BCUT2D eigenvalue weighted by Gasteiger charge is -2.23. The number of halogens is 1. The van der Waals surface area contributed by atoms with Crippen LogP contribution in [0.3, 0.4) is 0 Å². The number of sulfonamides is 1. The topological polar surface area (TPSA) is 46.6 Å². The van der Waals surface area contributed by atoms with Gasteiger partial charge in [0.2, 0.25) is 10.0 Å². The molecule has 2 rings (SSSR count). The van der Waals surface area contributed by atoms with Crippen LogP contribution in [-0.4, -0.2) is 21.3 Å². The zero-order chi connectivity index (χ0) is 16.2. The second kappa shape index (κ2) is 7.03. The van der Waals surface area contributed by atoms with E-state index in [0.717, 1.165) is 5.56 Å². The van der Waals surface area contributed by atoms with E-state index in [2.05, 4.69) is 0 Å². The summed E-state index contributed by atoms with van der Waals surface area (Å²) in [5.41, 5.74) is 1.33. The summed E-state index contributed by atoms with van der Waals surface area (Å²) in [5, 5.41) is 0.544. The van der Waals surface area contributed by atoms with E-state index in [1.54, 1.807) is 30.3 Å². The lowest BCUT2D eigenvalue weighted by molar-refractivity contribution is 0.340. The molecule has 2 aromatic carbocycles. The fourth-order valence-electron chi connectivity index (χ4n) is 2.06. The van der Waals surface area contributed by atoms with Gasteiger partial charge in [0.1, 0.15) is 5.75 Å². The Morgan fingerprint density at radius 3 is 2.27 bits per heavy atom. The Labute approximate surface area is 136 Å². The molecule has 0 fully saturated rings. The van der Waals surface area contributed by atoms with E-state index in [1.807, 2.05) is 25.1 Å². The van der Waals surface area contributed by atoms with Crippen molar-refractivity contribution in [2.24, 2.45) is 0 Å². The molecule has 0 atom stereocenters. The van der Waals surface area contributed by atoms with Crippen LogP contribution in [-0.2, 0) is 16.6 Å². The molecular weight excluding hydrogens is 322 g/mol. The summed E-state index contributed by atoms with van der Waals surface area (Å²) >= 11 is 6.13. The molecule has 0 amide bonds. The van der Waals surface area contributed by atoms with Crippen LogP contribution in [0.25, 0.3) is 0 Å². The highest BCUT2D eigenvalue weighted by Crippen LogP contribution is 2.25. The third-order valence-electron chi connectivity index (χ3n) is 3.11. The van der Waals surface area contributed by atoms with Gasteiger partial charge in [-0.05, 0) is 42.8 Å². The van der Waals surface area contributed by atoms with Gasteiger partial charge in [0, 0.05) is 5.02 Å². The van der Waals surface area contributed by atoms with E-state index in [9.17, 15) is 8.42 Å². The number of nitrogens with zero attached hydrogens (tertiary/aromatic N) is 1. The van der Waals surface area contributed by atoms with Gasteiger partial charge in [0.25, 0.3) is 0 Å². The van der Waals surface area contributed by atoms with Crippen molar-refractivity contribution in [3.63, 3.8) is 0 Å². The van der Waals surface area contributed by atoms with E-state index in [4.69, 9.17) is 16.3 Å². The maximum atomic E-state index is 12.1. The summed E-state index contributed by atoms with van der Waals surface area (Å²) in [4.78, 5) is 0. The van der Waals surface area contributed by atoms with Crippen LogP contribution in [0.1, 0.15) is 12.5 Å². The van der Waals surface area contributed by atoms with Gasteiger partial charge >= 0.3 is 0 Å². The molecule has 4 nitrogen and oxygen atoms in total. The number of rotatable bonds is 6. The minimum Gasteiger partial charge on any atom is -0.494 e.